The van der Waals surface area contributed by atoms with Crippen LogP contribution in [0.5, 0.6) is 0 Å². The zero-order valence-electron chi connectivity index (χ0n) is 8.14. The number of amides is 1. The molecular formula is C9H16N2O. The van der Waals surface area contributed by atoms with E-state index in [4.69, 9.17) is 6.42 Å². The summed E-state index contributed by atoms with van der Waals surface area (Å²) in [6, 6.07) is 0. The van der Waals surface area contributed by atoms with Crippen molar-refractivity contribution < 1.29 is 4.79 Å². The monoisotopic (exact) mass is 168 g/mol. The van der Waals surface area contributed by atoms with Crippen molar-refractivity contribution in [3.8, 4) is 12.3 Å². The van der Waals surface area contributed by atoms with Crippen molar-refractivity contribution in [1.82, 2.24) is 10.2 Å². The Bertz CT molecular complexity index is 203. The van der Waals surface area contributed by atoms with Crippen LogP contribution in [-0.4, -0.2) is 37.0 Å². The van der Waals surface area contributed by atoms with E-state index in [2.05, 4.69) is 11.2 Å². The zero-order valence-corrected chi connectivity index (χ0v) is 8.14. The molecule has 0 atom stereocenters. The van der Waals surface area contributed by atoms with Crippen molar-refractivity contribution in [2.75, 3.05) is 20.6 Å². The minimum Gasteiger partial charge on any atom is -0.333 e. The van der Waals surface area contributed by atoms with Crippen molar-refractivity contribution in [1.29, 1.82) is 0 Å². The Hall–Kier alpha value is -1.01. The molecule has 0 unspecified atom stereocenters. The molecule has 3 nitrogen and oxygen atoms in total. The molecular weight excluding hydrogens is 152 g/mol. The maximum absolute atomic E-state index is 11.6. The van der Waals surface area contributed by atoms with Crippen LogP contribution in [-0.2, 0) is 4.79 Å². The molecule has 68 valence electrons. The summed E-state index contributed by atoms with van der Waals surface area (Å²) in [4.78, 5) is 13.1. The van der Waals surface area contributed by atoms with Gasteiger partial charge in [-0.1, -0.05) is 5.92 Å². The highest BCUT2D eigenvalue weighted by molar-refractivity contribution is 5.85. The van der Waals surface area contributed by atoms with Crippen LogP contribution in [0, 0.1) is 12.3 Å². The number of nitrogens with one attached hydrogen (secondary N) is 1. The molecule has 0 radical (unpaired) electrons. The van der Waals surface area contributed by atoms with Gasteiger partial charge in [-0.2, -0.15) is 0 Å². The van der Waals surface area contributed by atoms with Crippen molar-refractivity contribution in [2.45, 2.75) is 19.4 Å². The predicted octanol–water partition coefficient (Wildman–Crippen LogP) is 0.0760. The van der Waals surface area contributed by atoms with Crippen LogP contribution in [0.2, 0.25) is 0 Å². The van der Waals surface area contributed by atoms with Gasteiger partial charge in [-0.3, -0.25) is 4.79 Å². The third kappa shape index (κ3) is 2.55. The zero-order chi connectivity index (χ0) is 9.78. The lowest BCUT2D eigenvalue weighted by Crippen LogP contribution is -2.51. The van der Waals surface area contributed by atoms with E-state index in [-0.39, 0.29) is 5.91 Å². The minimum atomic E-state index is -0.536. The molecule has 0 saturated heterocycles. The van der Waals surface area contributed by atoms with Crippen molar-refractivity contribution in [3.05, 3.63) is 0 Å². The van der Waals surface area contributed by atoms with Crippen LogP contribution < -0.4 is 5.32 Å². The first-order valence-electron chi connectivity index (χ1n) is 3.83. The average molecular weight is 168 g/mol. The lowest BCUT2D eigenvalue weighted by molar-refractivity contribution is -0.134. The Labute approximate surface area is 74.1 Å². The molecule has 0 aromatic carbocycles. The molecule has 0 rings (SSSR count). The first kappa shape index (κ1) is 11.0. The third-order valence-corrected chi connectivity index (χ3v) is 1.83. The van der Waals surface area contributed by atoms with Gasteiger partial charge in [0.05, 0.1) is 12.1 Å². The minimum absolute atomic E-state index is 0.00273. The Balaban J connectivity index is 4.30. The molecule has 0 heterocycles. The van der Waals surface area contributed by atoms with E-state index in [1.807, 2.05) is 13.8 Å². The molecule has 0 bridgehead atoms. The molecule has 0 aromatic rings. The van der Waals surface area contributed by atoms with Gasteiger partial charge in [0.1, 0.15) is 0 Å². The molecule has 3 heteroatoms. The Morgan fingerprint density at radius 3 is 2.50 bits per heavy atom. The van der Waals surface area contributed by atoms with Crippen LogP contribution in [0.15, 0.2) is 0 Å². The molecule has 0 fully saturated rings. The highest BCUT2D eigenvalue weighted by Gasteiger charge is 2.27. The van der Waals surface area contributed by atoms with E-state index in [0.29, 0.717) is 6.54 Å². The molecule has 1 N–H and O–H groups in total. The number of hydrogen-bond acceptors (Lipinski definition) is 2. The first-order valence-corrected chi connectivity index (χ1v) is 3.83. The van der Waals surface area contributed by atoms with Crippen LogP contribution in [0.4, 0.5) is 0 Å². The third-order valence-electron chi connectivity index (χ3n) is 1.83. The summed E-state index contributed by atoms with van der Waals surface area (Å²) in [5.74, 6) is 2.42. The van der Waals surface area contributed by atoms with Gasteiger partial charge in [-0.25, -0.2) is 0 Å². The normalized spacial score (nSPS) is 10.6. The number of nitrogens with zero attached hydrogens (tertiary/aromatic N) is 1. The quantitative estimate of drug-likeness (QED) is 0.605. The fraction of sp³-hybridized carbons (Fsp3) is 0.667. The van der Waals surface area contributed by atoms with E-state index in [1.165, 1.54) is 4.90 Å². The molecule has 0 saturated carbocycles. The molecule has 12 heavy (non-hydrogen) atoms. The number of hydrogen-bond donors (Lipinski definition) is 1. The average Bonchev–Trinajstić information content (AvgIpc) is 2.03. The van der Waals surface area contributed by atoms with E-state index < -0.39 is 5.54 Å². The fourth-order valence-electron chi connectivity index (χ4n) is 0.793. The van der Waals surface area contributed by atoms with Gasteiger partial charge < -0.3 is 10.2 Å². The Morgan fingerprint density at radius 1 is 1.67 bits per heavy atom. The maximum atomic E-state index is 11.6. The van der Waals surface area contributed by atoms with Crippen LogP contribution in [0.25, 0.3) is 0 Å². The fourth-order valence-corrected chi connectivity index (χ4v) is 0.793. The highest BCUT2D eigenvalue weighted by atomic mass is 16.2. The highest BCUT2D eigenvalue weighted by Crippen LogP contribution is 2.04. The summed E-state index contributed by atoms with van der Waals surface area (Å²) in [6.45, 7) is 3.99. The molecule has 0 spiro atoms. The number of likely N-dealkylation sites (N-methyl/N-ethyl adjacent to an activating group) is 2. The van der Waals surface area contributed by atoms with E-state index >= 15 is 0 Å². The van der Waals surface area contributed by atoms with Crippen LogP contribution in [0.3, 0.4) is 0 Å². The van der Waals surface area contributed by atoms with E-state index in [0.717, 1.165) is 0 Å². The van der Waals surface area contributed by atoms with Gasteiger partial charge in [0.25, 0.3) is 0 Å². The second kappa shape index (κ2) is 4.13. The van der Waals surface area contributed by atoms with Gasteiger partial charge in [-0.15, -0.1) is 6.42 Å². The predicted molar refractivity (Wildman–Crippen MR) is 49.6 cm³/mol. The van der Waals surface area contributed by atoms with Gasteiger partial charge in [0.2, 0.25) is 5.91 Å². The summed E-state index contributed by atoms with van der Waals surface area (Å²) in [6.07, 6.45) is 5.09. The number of carbonyl (C=O) groups excluding carboxylic acids is 1. The molecule has 0 aromatic heterocycles. The largest absolute Gasteiger partial charge is 0.333 e. The SMILES string of the molecule is C#CCN(C)C(=O)C(C)(C)NC. The number of terminal acetylenes is 1. The topological polar surface area (TPSA) is 32.3 Å². The molecule has 0 aliphatic rings. The standard InChI is InChI=1S/C9H16N2O/c1-6-7-11(5)8(12)9(2,3)10-4/h1,10H,7H2,2-5H3. The van der Waals surface area contributed by atoms with E-state index in [1.54, 1.807) is 14.1 Å². The van der Waals surface area contributed by atoms with Crippen molar-refractivity contribution >= 4 is 5.91 Å². The van der Waals surface area contributed by atoms with Crippen molar-refractivity contribution in [2.24, 2.45) is 0 Å². The Morgan fingerprint density at radius 2 is 2.17 bits per heavy atom. The first-order chi connectivity index (χ1) is 5.45. The molecule has 1 amide bonds. The summed E-state index contributed by atoms with van der Waals surface area (Å²) in [5.41, 5.74) is -0.536. The second-order valence-electron chi connectivity index (χ2n) is 3.24. The number of rotatable bonds is 3. The second-order valence-corrected chi connectivity index (χ2v) is 3.24. The lowest BCUT2D eigenvalue weighted by atomic mass is 10.0. The van der Waals surface area contributed by atoms with Gasteiger partial charge in [0.15, 0.2) is 0 Å². The van der Waals surface area contributed by atoms with Crippen LogP contribution >= 0.6 is 0 Å². The van der Waals surface area contributed by atoms with Gasteiger partial charge in [-0.05, 0) is 20.9 Å². The Kier molecular flexibility index (Phi) is 3.78. The lowest BCUT2D eigenvalue weighted by Gasteiger charge is -2.27. The summed E-state index contributed by atoms with van der Waals surface area (Å²) in [7, 11) is 3.45. The summed E-state index contributed by atoms with van der Waals surface area (Å²) >= 11 is 0. The van der Waals surface area contributed by atoms with E-state index in [9.17, 15) is 4.79 Å². The molecule has 0 aliphatic heterocycles. The summed E-state index contributed by atoms with van der Waals surface area (Å²) in [5, 5.41) is 2.92. The molecule has 0 aliphatic carbocycles. The smallest absolute Gasteiger partial charge is 0.242 e. The van der Waals surface area contributed by atoms with Crippen molar-refractivity contribution in [3.63, 3.8) is 0 Å². The van der Waals surface area contributed by atoms with Crippen LogP contribution in [0.1, 0.15) is 13.8 Å². The number of carbonyl (C=O) groups is 1. The van der Waals surface area contributed by atoms with Gasteiger partial charge >= 0.3 is 0 Å². The summed E-state index contributed by atoms with van der Waals surface area (Å²) < 4.78 is 0. The van der Waals surface area contributed by atoms with Gasteiger partial charge in [0, 0.05) is 7.05 Å². The maximum Gasteiger partial charge on any atom is 0.242 e.